The Morgan fingerprint density at radius 3 is 2.58 bits per heavy atom. The van der Waals surface area contributed by atoms with Gasteiger partial charge in [0.25, 0.3) is 0 Å². The van der Waals surface area contributed by atoms with Crippen LogP contribution in [-0.4, -0.2) is 19.0 Å². The number of nitrogens with zero attached hydrogens (tertiary/aromatic N) is 1. The van der Waals surface area contributed by atoms with Crippen molar-refractivity contribution in [3.63, 3.8) is 0 Å². The highest BCUT2D eigenvalue weighted by Gasteiger charge is 2.24. The van der Waals surface area contributed by atoms with E-state index in [1.165, 1.54) is 7.11 Å². The molecule has 0 N–H and O–H groups in total. The summed E-state index contributed by atoms with van der Waals surface area (Å²) in [6.45, 7) is 0.354. The fourth-order valence-corrected chi connectivity index (χ4v) is 3.82. The van der Waals surface area contributed by atoms with Crippen LogP contribution in [-0.2, 0) is 16.1 Å². The molecule has 0 radical (unpaired) electrons. The zero-order valence-electron chi connectivity index (χ0n) is 16.5. The van der Waals surface area contributed by atoms with Crippen molar-refractivity contribution in [2.45, 2.75) is 6.61 Å². The summed E-state index contributed by atoms with van der Waals surface area (Å²) >= 11 is 8.74. The Labute approximate surface area is 198 Å². The second kappa shape index (κ2) is 9.53. The molecule has 0 aromatic heterocycles. The third-order valence-corrected chi connectivity index (χ3v) is 5.86. The van der Waals surface area contributed by atoms with Crippen molar-refractivity contribution >= 4 is 52.1 Å². The smallest absolute Gasteiger partial charge is 0.363 e. The van der Waals surface area contributed by atoms with Gasteiger partial charge in [-0.15, -0.1) is 0 Å². The molecule has 3 aromatic rings. The van der Waals surface area contributed by atoms with Crippen molar-refractivity contribution in [1.82, 2.24) is 0 Å². The van der Waals surface area contributed by atoms with E-state index in [0.29, 0.717) is 28.7 Å². The molecule has 31 heavy (non-hydrogen) atoms. The lowest BCUT2D eigenvalue weighted by atomic mass is 10.1. The SMILES string of the molecule is COc1cc(/C=C2\N=C(c3ccccc3)OC2=O)cc(Cl)c1OCc1ccccc1I. The van der Waals surface area contributed by atoms with E-state index in [9.17, 15) is 4.79 Å². The summed E-state index contributed by atoms with van der Waals surface area (Å²) in [5.74, 6) is 0.651. The summed E-state index contributed by atoms with van der Waals surface area (Å²) < 4.78 is 17.8. The molecule has 0 bridgehead atoms. The number of aliphatic imine (C=N–C) groups is 1. The van der Waals surface area contributed by atoms with Crippen LogP contribution in [0, 0.1) is 3.57 Å². The van der Waals surface area contributed by atoms with Crippen molar-refractivity contribution < 1.29 is 19.0 Å². The Hall–Kier alpha value is -2.84. The van der Waals surface area contributed by atoms with Gasteiger partial charge in [-0.05, 0) is 64.6 Å². The Balaban J connectivity index is 1.60. The molecule has 0 unspecified atom stereocenters. The van der Waals surface area contributed by atoms with Crippen LogP contribution in [0.1, 0.15) is 16.7 Å². The van der Waals surface area contributed by atoms with Crippen LogP contribution in [0.25, 0.3) is 6.08 Å². The molecule has 0 amide bonds. The van der Waals surface area contributed by atoms with Gasteiger partial charge < -0.3 is 14.2 Å². The van der Waals surface area contributed by atoms with Crippen LogP contribution in [0.5, 0.6) is 11.5 Å². The number of benzene rings is 3. The lowest BCUT2D eigenvalue weighted by molar-refractivity contribution is -0.129. The summed E-state index contributed by atoms with van der Waals surface area (Å²) in [5, 5.41) is 0.371. The summed E-state index contributed by atoms with van der Waals surface area (Å²) in [6, 6.07) is 20.6. The average Bonchev–Trinajstić information content (AvgIpc) is 3.14. The summed E-state index contributed by atoms with van der Waals surface area (Å²) in [5.41, 5.74) is 2.61. The number of hydrogen-bond donors (Lipinski definition) is 0. The molecule has 0 spiro atoms. The Bertz CT molecular complexity index is 1190. The molecular formula is C24H17ClINO4. The number of hydrogen-bond acceptors (Lipinski definition) is 5. The van der Waals surface area contributed by atoms with Crippen LogP contribution < -0.4 is 9.47 Å². The van der Waals surface area contributed by atoms with Crippen LogP contribution in [0.15, 0.2) is 77.4 Å². The van der Waals surface area contributed by atoms with Gasteiger partial charge >= 0.3 is 5.97 Å². The summed E-state index contributed by atoms with van der Waals surface area (Å²) in [4.78, 5) is 16.6. The molecule has 4 rings (SSSR count). The van der Waals surface area contributed by atoms with E-state index in [1.54, 1.807) is 18.2 Å². The molecule has 156 valence electrons. The van der Waals surface area contributed by atoms with Crippen LogP contribution in [0.4, 0.5) is 0 Å². The van der Waals surface area contributed by atoms with Crippen LogP contribution in [0.2, 0.25) is 5.02 Å². The predicted molar refractivity (Wildman–Crippen MR) is 129 cm³/mol. The Kier molecular flexibility index (Phi) is 6.58. The minimum atomic E-state index is -0.520. The van der Waals surface area contributed by atoms with Gasteiger partial charge in [-0.3, -0.25) is 0 Å². The minimum absolute atomic E-state index is 0.185. The first-order valence-electron chi connectivity index (χ1n) is 9.37. The molecule has 0 fully saturated rings. The maximum Gasteiger partial charge on any atom is 0.363 e. The molecule has 0 saturated heterocycles. The van der Waals surface area contributed by atoms with Gasteiger partial charge in [-0.2, -0.15) is 0 Å². The zero-order valence-corrected chi connectivity index (χ0v) is 19.4. The van der Waals surface area contributed by atoms with E-state index in [4.69, 9.17) is 25.8 Å². The van der Waals surface area contributed by atoms with E-state index in [-0.39, 0.29) is 11.6 Å². The Morgan fingerprint density at radius 1 is 1.10 bits per heavy atom. The number of ether oxygens (including phenoxy) is 3. The van der Waals surface area contributed by atoms with Crippen LogP contribution in [0.3, 0.4) is 0 Å². The zero-order chi connectivity index (χ0) is 21.8. The number of rotatable bonds is 6. The largest absolute Gasteiger partial charge is 0.493 e. The van der Waals surface area contributed by atoms with E-state index in [0.717, 1.165) is 14.7 Å². The highest BCUT2D eigenvalue weighted by atomic mass is 127. The third kappa shape index (κ3) is 4.91. The topological polar surface area (TPSA) is 57.1 Å². The number of carbonyl (C=O) groups is 1. The maximum absolute atomic E-state index is 12.3. The molecule has 7 heteroatoms. The monoisotopic (exact) mass is 545 g/mol. The predicted octanol–water partition coefficient (Wildman–Crippen LogP) is 5.88. The molecule has 0 aliphatic carbocycles. The first-order valence-corrected chi connectivity index (χ1v) is 10.8. The molecular weight excluding hydrogens is 529 g/mol. The number of cyclic esters (lactones) is 1. The molecule has 1 heterocycles. The second-order valence-corrected chi connectivity index (χ2v) is 8.19. The van der Waals surface area contributed by atoms with Crippen molar-refractivity contribution in [2.75, 3.05) is 7.11 Å². The lowest BCUT2D eigenvalue weighted by Gasteiger charge is -2.14. The summed E-state index contributed by atoms with van der Waals surface area (Å²) in [7, 11) is 1.54. The number of methoxy groups -OCH3 is 1. The van der Waals surface area contributed by atoms with E-state index >= 15 is 0 Å². The molecule has 1 aliphatic rings. The summed E-state index contributed by atoms with van der Waals surface area (Å²) in [6.07, 6.45) is 1.61. The first-order chi connectivity index (χ1) is 15.0. The quantitative estimate of drug-likeness (QED) is 0.221. The molecule has 5 nitrogen and oxygen atoms in total. The molecule has 0 atom stereocenters. The maximum atomic E-state index is 12.3. The minimum Gasteiger partial charge on any atom is -0.493 e. The van der Waals surface area contributed by atoms with E-state index in [2.05, 4.69) is 27.6 Å². The second-order valence-electron chi connectivity index (χ2n) is 6.62. The van der Waals surface area contributed by atoms with Crippen molar-refractivity contribution in [3.05, 3.63) is 97.7 Å². The van der Waals surface area contributed by atoms with Gasteiger partial charge in [-0.1, -0.05) is 48.0 Å². The fraction of sp³-hybridized carbons (Fsp3) is 0.0833. The van der Waals surface area contributed by atoms with Crippen LogP contribution >= 0.6 is 34.2 Å². The van der Waals surface area contributed by atoms with Gasteiger partial charge in [0.2, 0.25) is 5.90 Å². The van der Waals surface area contributed by atoms with Gasteiger partial charge in [0, 0.05) is 14.7 Å². The van der Waals surface area contributed by atoms with Gasteiger partial charge in [0.15, 0.2) is 17.2 Å². The number of halogens is 2. The fourth-order valence-electron chi connectivity index (χ4n) is 3.00. The van der Waals surface area contributed by atoms with E-state index < -0.39 is 5.97 Å². The number of carbonyl (C=O) groups excluding carboxylic acids is 1. The van der Waals surface area contributed by atoms with Gasteiger partial charge in [0.05, 0.1) is 12.1 Å². The van der Waals surface area contributed by atoms with Crippen molar-refractivity contribution in [1.29, 1.82) is 0 Å². The Morgan fingerprint density at radius 2 is 1.84 bits per heavy atom. The van der Waals surface area contributed by atoms with E-state index in [1.807, 2.05) is 54.6 Å². The number of esters is 1. The first kappa shape index (κ1) is 21.4. The lowest BCUT2D eigenvalue weighted by Crippen LogP contribution is -2.05. The highest BCUT2D eigenvalue weighted by molar-refractivity contribution is 14.1. The standard InChI is InChI=1S/C24H17ClINO4/c1-29-21-13-15(11-18(25)22(21)30-14-17-9-5-6-10-19(17)26)12-20-24(28)31-23(27-20)16-7-3-2-4-8-16/h2-13H,14H2,1H3/b20-12-. The highest BCUT2D eigenvalue weighted by Crippen LogP contribution is 2.38. The molecule has 3 aromatic carbocycles. The third-order valence-electron chi connectivity index (χ3n) is 4.53. The normalized spacial score (nSPS) is 14.4. The molecule has 1 aliphatic heterocycles. The van der Waals surface area contributed by atoms with Gasteiger partial charge in [0.1, 0.15) is 6.61 Å². The van der Waals surface area contributed by atoms with Crippen molar-refractivity contribution in [2.24, 2.45) is 4.99 Å². The van der Waals surface area contributed by atoms with Crippen molar-refractivity contribution in [3.8, 4) is 11.5 Å². The average molecular weight is 546 g/mol. The molecule has 0 saturated carbocycles. The van der Waals surface area contributed by atoms with Gasteiger partial charge in [-0.25, -0.2) is 9.79 Å².